The van der Waals surface area contributed by atoms with Gasteiger partial charge in [-0.3, -0.25) is 14.4 Å². The number of carboxylic acid groups (broad SMARTS) is 1. The van der Waals surface area contributed by atoms with E-state index < -0.39 is 24.2 Å². The van der Waals surface area contributed by atoms with Gasteiger partial charge in [-0.05, 0) is 29.7 Å². The molecule has 8 heteroatoms. The first-order valence-corrected chi connectivity index (χ1v) is 11.0. The smallest absolute Gasteiger partial charge is 0.322 e. The number of aryl methyl sites for hydroxylation is 2. The molecule has 0 radical (unpaired) electrons. The first-order valence-electron chi connectivity index (χ1n) is 11.0. The van der Waals surface area contributed by atoms with Crippen LogP contribution in [0.15, 0.2) is 77.7 Å². The molecule has 176 valence electrons. The molecule has 2 aromatic heterocycles. The fourth-order valence-electron chi connectivity index (χ4n) is 3.73. The largest absolute Gasteiger partial charge is 0.505 e. The molecule has 0 unspecified atom stereocenters. The summed E-state index contributed by atoms with van der Waals surface area (Å²) < 4.78 is 1.53. The van der Waals surface area contributed by atoms with Crippen LogP contribution in [0.25, 0.3) is 23.1 Å². The third kappa shape index (κ3) is 5.44. The number of hydrogen-bond donors (Lipinski definition) is 3. The SMILES string of the molecule is O=C(O)CNC(=O)c1ncc2c(cc(C=Cc3ccccc3)c(=O)n2CCc2ccccc2)c1O. The Morgan fingerprint density at radius 1 is 1.00 bits per heavy atom. The van der Waals surface area contributed by atoms with E-state index in [9.17, 15) is 19.5 Å². The molecule has 0 bridgehead atoms. The molecule has 0 atom stereocenters. The predicted molar refractivity (Wildman–Crippen MR) is 133 cm³/mol. The molecule has 0 saturated carbocycles. The molecular formula is C27H23N3O5. The number of rotatable bonds is 8. The van der Waals surface area contributed by atoms with Gasteiger partial charge in [0, 0.05) is 17.5 Å². The summed E-state index contributed by atoms with van der Waals surface area (Å²) in [6.07, 6.45) is 5.38. The second-order valence-corrected chi connectivity index (χ2v) is 7.87. The van der Waals surface area contributed by atoms with Gasteiger partial charge in [-0.2, -0.15) is 0 Å². The van der Waals surface area contributed by atoms with E-state index in [1.807, 2.05) is 60.7 Å². The Kier molecular flexibility index (Phi) is 7.02. The number of pyridine rings is 2. The lowest BCUT2D eigenvalue weighted by Gasteiger charge is -2.14. The number of aromatic nitrogens is 2. The van der Waals surface area contributed by atoms with Gasteiger partial charge < -0.3 is 20.1 Å². The van der Waals surface area contributed by atoms with Gasteiger partial charge in [0.15, 0.2) is 11.4 Å². The number of carboxylic acids is 1. The zero-order valence-electron chi connectivity index (χ0n) is 18.7. The minimum absolute atomic E-state index is 0.259. The zero-order chi connectivity index (χ0) is 24.8. The predicted octanol–water partition coefficient (Wildman–Crippen LogP) is 3.33. The summed E-state index contributed by atoms with van der Waals surface area (Å²) in [4.78, 5) is 40.6. The van der Waals surface area contributed by atoms with Crippen LogP contribution in [-0.4, -0.2) is 38.2 Å². The summed E-state index contributed by atoms with van der Waals surface area (Å²) in [6, 6.07) is 20.7. The number of hydrogen-bond acceptors (Lipinski definition) is 5. The van der Waals surface area contributed by atoms with E-state index in [1.165, 1.54) is 16.8 Å². The molecule has 35 heavy (non-hydrogen) atoms. The monoisotopic (exact) mass is 469 g/mol. The number of carbonyl (C=O) groups excluding carboxylic acids is 1. The van der Waals surface area contributed by atoms with Crippen LogP contribution in [0.3, 0.4) is 0 Å². The molecular weight excluding hydrogens is 446 g/mol. The van der Waals surface area contributed by atoms with Gasteiger partial charge in [-0.25, -0.2) is 4.98 Å². The molecule has 2 heterocycles. The number of benzene rings is 2. The zero-order valence-corrected chi connectivity index (χ0v) is 18.7. The van der Waals surface area contributed by atoms with E-state index in [2.05, 4.69) is 10.3 Å². The van der Waals surface area contributed by atoms with Crippen molar-refractivity contribution in [1.29, 1.82) is 0 Å². The first-order chi connectivity index (χ1) is 16.9. The van der Waals surface area contributed by atoms with Crippen molar-refractivity contribution >= 4 is 34.9 Å². The van der Waals surface area contributed by atoms with Crippen LogP contribution in [0.4, 0.5) is 0 Å². The molecule has 2 aromatic carbocycles. The van der Waals surface area contributed by atoms with E-state index in [0.29, 0.717) is 24.0 Å². The van der Waals surface area contributed by atoms with Gasteiger partial charge in [0.2, 0.25) is 0 Å². The first kappa shape index (κ1) is 23.4. The van der Waals surface area contributed by atoms with Gasteiger partial charge in [-0.15, -0.1) is 0 Å². The number of nitrogens with zero attached hydrogens (tertiary/aromatic N) is 2. The lowest BCUT2D eigenvalue weighted by atomic mass is 10.1. The molecule has 1 amide bonds. The highest BCUT2D eigenvalue weighted by Crippen LogP contribution is 2.27. The summed E-state index contributed by atoms with van der Waals surface area (Å²) in [5.41, 5.74) is 2.06. The molecule has 0 saturated heterocycles. The Morgan fingerprint density at radius 3 is 2.37 bits per heavy atom. The Bertz CT molecular complexity index is 1460. The summed E-state index contributed by atoms with van der Waals surface area (Å²) in [5.74, 6) is -2.47. The minimum atomic E-state index is -1.22. The summed E-state index contributed by atoms with van der Waals surface area (Å²) >= 11 is 0. The molecule has 0 aliphatic rings. The lowest BCUT2D eigenvalue weighted by molar-refractivity contribution is -0.135. The fraction of sp³-hybridized carbons (Fsp3) is 0.111. The van der Waals surface area contributed by atoms with Crippen LogP contribution in [0.5, 0.6) is 5.75 Å². The molecule has 8 nitrogen and oxygen atoms in total. The van der Waals surface area contributed by atoms with Crippen molar-refractivity contribution in [2.75, 3.05) is 6.54 Å². The Balaban J connectivity index is 1.81. The summed E-state index contributed by atoms with van der Waals surface area (Å²) in [5, 5.41) is 22.2. The maximum absolute atomic E-state index is 13.4. The topological polar surface area (TPSA) is 122 Å². The van der Waals surface area contributed by atoms with Crippen LogP contribution < -0.4 is 10.9 Å². The van der Waals surface area contributed by atoms with Gasteiger partial charge in [0.05, 0.1) is 11.7 Å². The van der Waals surface area contributed by atoms with E-state index in [4.69, 9.17) is 5.11 Å². The van der Waals surface area contributed by atoms with Crippen molar-refractivity contribution in [3.05, 3.63) is 106 Å². The second-order valence-electron chi connectivity index (χ2n) is 7.87. The highest BCUT2D eigenvalue weighted by Gasteiger charge is 2.19. The molecule has 0 spiro atoms. The Morgan fingerprint density at radius 2 is 1.69 bits per heavy atom. The normalized spacial score (nSPS) is 11.1. The fourth-order valence-corrected chi connectivity index (χ4v) is 3.73. The van der Waals surface area contributed by atoms with E-state index in [1.54, 1.807) is 12.2 Å². The molecule has 0 aliphatic heterocycles. The van der Waals surface area contributed by atoms with Crippen molar-refractivity contribution in [2.45, 2.75) is 13.0 Å². The number of amides is 1. The van der Waals surface area contributed by atoms with Crippen LogP contribution in [0.2, 0.25) is 0 Å². The average molecular weight is 469 g/mol. The van der Waals surface area contributed by atoms with Gasteiger partial charge in [0.25, 0.3) is 11.5 Å². The average Bonchev–Trinajstić information content (AvgIpc) is 2.87. The summed E-state index contributed by atoms with van der Waals surface area (Å²) in [7, 11) is 0. The van der Waals surface area contributed by atoms with Crippen molar-refractivity contribution in [3.63, 3.8) is 0 Å². The van der Waals surface area contributed by atoms with E-state index >= 15 is 0 Å². The molecule has 0 aliphatic carbocycles. The highest BCUT2D eigenvalue weighted by molar-refractivity contribution is 6.02. The number of nitrogens with one attached hydrogen (secondary N) is 1. The Labute approximate surface area is 200 Å². The maximum atomic E-state index is 13.4. The standard InChI is InChI=1S/C27H23N3O5/c31-23(32)17-29-26(34)24-25(33)21-15-20(12-11-18-7-3-1-4-8-18)27(35)30(22(21)16-28-24)14-13-19-9-5-2-6-10-19/h1-12,15-16,33H,13-14,17H2,(H,29,34)(H,31,32). The molecule has 3 N–H and O–H groups in total. The lowest BCUT2D eigenvalue weighted by Crippen LogP contribution is -2.30. The second kappa shape index (κ2) is 10.5. The van der Waals surface area contributed by atoms with E-state index in [0.717, 1.165) is 11.1 Å². The molecule has 0 fully saturated rings. The quantitative estimate of drug-likeness (QED) is 0.364. The van der Waals surface area contributed by atoms with Crippen molar-refractivity contribution in [3.8, 4) is 5.75 Å². The molecule has 4 aromatic rings. The highest BCUT2D eigenvalue weighted by atomic mass is 16.4. The number of aromatic hydroxyl groups is 1. The van der Waals surface area contributed by atoms with Crippen LogP contribution in [-0.2, 0) is 17.8 Å². The Hall–Kier alpha value is -4.72. The summed E-state index contributed by atoms with van der Waals surface area (Å²) in [6.45, 7) is -0.280. The number of fused-ring (bicyclic) bond motifs is 1. The maximum Gasteiger partial charge on any atom is 0.322 e. The van der Waals surface area contributed by atoms with Crippen molar-refractivity contribution < 1.29 is 19.8 Å². The number of aliphatic carboxylic acids is 1. The van der Waals surface area contributed by atoms with Gasteiger partial charge >= 0.3 is 5.97 Å². The van der Waals surface area contributed by atoms with E-state index in [-0.39, 0.29) is 16.6 Å². The van der Waals surface area contributed by atoms with Crippen LogP contribution in [0.1, 0.15) is 27.2 Å². The van der Waals surface area contributed by atoms with Crippen LogP contribution >= 0.6 is 0 Å². The van der Waals surface area contributed by atoms with Crippen LogP contribution in [0, 0.1) is 0 Å². The third-order valence-electron chi connectivity index (χ3n) is 5.49. The van der Waals surface area contributed by atoms with Crippen molar-refractivity contribution in [1.82, 2.24) is 14.9 Å². The third-order valence-corrected chi connectivity index (χ3v) is 5.49. The molecule has 4 rings (SSSR count). The van der Waals surface area contributed by atoms with Gasteiger partial charge in [0.1, 0.15) is 6.54 Å². The van der Waals surface area contributed by atoms with Gasteiger partial charge in [-0.1, -0.05) is 66.7 Å². The van der Waals surface area contributed by atoms with Crippen molar-refractivity contribution in [2.24, 2.45) is 0 Å². The number of carbonyl (C=O) groups is 2. The minimum Gasteiger partial charge on any atom is -0.505 e.